The van der Waals surface area contributed by atoms with Crippen molar-refractivity contribution < 1.29 is 29.4 Å². The highest BCUT2D eigenvalue weighted by Crippen LogP contribution is 2.36. The number of nitrogens with one attached hydrogen (secondary N) is 2. The molecule has 0 saturated heterocycles. The van der Waals surface area contributed by atoms with Gasteiger partial charge in [0.15, 0.2) is 0 Å². The van der Waals surface area contributed by atoms with E-state index in [2.05, 4.69) is 24.5 Å². The van der Waals surface area contributed by atoms with E-state index in [1.54, 1.807) is 0 Å². The summed E-state index contributed by atoms with van der Waals surface area (Å²) < 4.78 is 0. The number of amides is 2. The predicted octanol–water partition coefficient (Wildman–Crippen LogP) is 3.30. The smallest absolute Gasteiger partial charge is 0.307 e. The summed E-state index contributed by atoms with van der Waals surface area (Å²) in [6.45, 7) is 5.31. The Hall–Kier alpha value is -2.12. The fourth-order valence-electron chi connectivity index (χ4n) is 6.32. The summed E-state index contributed by atoms with van der Waals surface area (Å²) in [6, 6.07) is 0. The average molecular weight is 479 g/mol. The third kappa shape index (κ3) is 6.95. The number of carboxylic acids is 2. The molecule has 3 aliphatic carbocycles. The molecule has 2 amide bonds. The Bertz CT molecular complexity index is 686. The van der Waals surface area contributed by atoms with Crippen LogP contribution in [0.1, 0.15) is 78.1 Å². The molecule has 0 aliphatic heterocycles. The molecule has 34 heavy (non-hydrogen) atoms. The Labute approximate surface area is 202 Å². The average Bonchev–Trinajstić information content (AvgIpc) is 2.81. The number of carboxylic acid groups (broad SMARTS) is 2. The maximum absolute atomic E-state index is 12.7. The van der Waals surface area contributed by atoms with Crippen LogP contribution in [0, 0.1) is 47.3 Å². The van der Waals surface area contributed by atoms with Crippen LogP contribution in [-0.4, -0.2) is 47.1 Å². The van der Waals surface area contributed by atoms with E-state index in [4.69, 9.17) is 0 Å². The molecule has 0 aromatic heterocycles. The van der Waals surface area contributed by atoms with Crippen molar-refractivity contribution in [1.82, 2.24) is 10.6 Å². The first kappa shape index (κ1) is 26.5. The van der Waals surface area contributed by atoms with Gasteiger partial charge in [-0.2, -0.15) is 0 Å². The summed E-state index contributed by atoms with van der Waals surface area (Å²) >= 11 is 0. The summed E-state index contributed by atoms with van der Waals surface area (Å²) in [7, 11) is 0. The molecule has 0 heterocycles. The first-order valence-corrected chi connectivity index (χ1v) is 13.2. The highest BCUT2D eigenvalue weighted by molar-refractivity contribution is 5.85. The van der Waals surface area contributed by atoms with E-state index in [0.29, 0.717) is 62.4 Å². The van der Waals surface area contributed by atoms with Crippen molar-refractivity contribution >= 4 is 23.8 Å². The molecule has 6 unspecified atom stereocenters. The lowest BCUT2D eigenvalue weighted by atomic mass is 9.74. The Morgan fingerprint density at radius 2 is 0.941 bits per heavy atom. The van der Waals surface area contributed by atoms with Crippen molar-refractivity contribution in [3.63, 3.8) is 0 Å². The predicted molar refractivity (Wildman–Crippen MR) is 127 cm³/mol. The van der Waals surface area contributed by atoms with Crippen molar-refractivity contribution in [2.24, 2.45) is 47.3 Å². The minimum absolute atomic E-state index is 0.122. The lowest BCUT2D eigenvalue weighted by molar-refractivity contribution is -0.150. The van der Waals surface area contributed by atoms with Crippen molar-refractivity contribution in [3.05, 3.63) is 0 Å². The van der Waals surface area contributed by atoms with Gasteiger partial charge in [0.1, 0.15) is 0 Å². The van der Waals surface area contributed by atoms with Gasteiger partial charge in [-0.3, -0.25) is 19.2 Å². The van der Waals surface area contributed by atoms with Crippen LogP contribution in [-0.2, 0) is 19.2 Å². The van der Waals surface area contributed by atoms with Gasteiger partial charge in [-0.25, -0.2) is 0 Å². The highest BCUT2D eigenvalue weighted by Gasteiger charge is 2.39. The molecule has 3 fully saturated rings. The number of carbonyl (C=O) groups is 4. The van der Waals surface area contributed by atoms with Gasteiger partial charge in [0.05, 0.1) is 23.7 Å². The fourth-order valence-corrected chi connectivity index (χ4v) is 6.32. The zero-order valence-electron chi connectivity index (χ0n) is 20.6. The summed E-state index contributed by atoms with van der Waals surface area (Å²) in [4.78, 5) is 48.6. The van der Waals surface area contributed by atoms with Crippen LogP contribution < -0.4 is 10.6 Å². The normalized spacial score (nSPS) is 36.3. The van der Waals surface area contributed by atoms with E-state index in [-0.39, 0.29) is 11.8 Å². The molecule has 8 heteroatoms. The van der Waals surface area contributed by atoms with Gasteiger partial charge in [-0.1, -0.05) is 13.8 Å². The highest BCUT2D eigenvalue weighted by atomic mass is 16.4. The number of hydrogen-bond donors (Lipinski definition) is 4. The Balaban J connectivity index is 1.39. The minimum Gasteiger partial charge on any atom is -0.481 e. The van der Waals surface area contributed by atoms with Crippen molar-refractivity contribution in [2.45, 2.75) is 78.1 Å². The number of hydrogen-bond acceptors (Lipinski definition) is 4. The Kier molecular flexibility index (Phi) is 9.37. The van der Waals surface area contributed by atoms with Crippen LogP contribution in [0.3, 0.4) is 0 Å². The zero-order valence-corrected chi connectivity index (χ0v) is 20.6. The summed E-state index contributed by atoms with van der Waals surface area (Å²) in [5.74, 6) is -2.53. The molecule has 4 N–H and O–H groups in total. The Morgan fingerprint density at radius 3 is 1.26 bits per heavy atom. The second kappa shape index (κ2) is 12.0. The van der Waals surface area contributed by atoms with Crippen LogP contribution in [0.15, 0.2) is 0 Å². The molecule has 0 aromatic rings. The quantitative estimate of drug-likeness (QED) is 0.423. The van der Waals surface area contributed by atoms with Crippen molar-refractivity contribution in [1.29, 1.82) is 0 Å². The maximum atomic E-state index is 12.7. The molecule has 0 spiro atoms. The largest absolute Gasteiger partial charge is 0.481 e. The van der Waals surface area contributed by atoms with E-state index in [0.717, 1.165) is 38.5 Å². The summed E-state index contributed by atoms with van der Waals surface area (Å²) in [5, 5.41) is 25.0. The van der Waals surface area contributed by atoms with E-state index in [1.807, 2.05) is 0 Å². The summed E-state index contributed by atoms with van der Waals surface area (Å²) in [5.41, 5.74) is 0. The van der Waals surface area contributed by atoms with Crippen LogP contribution >= 0.6 is 0 Å². The molecule has 3 saturated carbocycles. The third-order valence-corrected chi connectivity index (χ3v) is 8.63. The van der Waals surface area contributed by atoms with Crippen LogP contribution in [0.25, 0.3) is 0 Å². The van der Waals surface area contributed by atoms with Crippen LogP contribution in [0.5, 0.6) is 0 Å². The van der Waals surface area contributed by atoms with Crippen molar-refractivity contribution in [3.8, 4) is 0 Å². The molecule has 0 bridgehead atoms. The van der Waals surface area contributed by atoms with E-state index in [1.165, 1.54) is 0 Å². The molecule has 0 radical (unpaired) electrons. The van der Waals surface area contributed by atoms with Crippen LogP contribution in [0.4, 0.5) is 0 Å². The number of rotatable bonds is 8. The van der Waals surface area contributed by atoms with Gasteiger partial charge >= 0.3 is 11.9 Å². The molecule has 0 aromatic carbocycles. The van der Waals surface area contributed by atoms with E-state index in [9.17, 15) is 29.4 Å². The van der Waals surface area contributed by atoms with Gasteiger partial charge in [0, 0.05) is 13.1 Å². The van der Waals surface area contributed by atoms with Gasteiger partial charge in [0.25, 0.3) is 0 Å². The monoisotopic (exact) mass is 478 g/mol. The third-order valence-electron chi connectivity index (χ3n) is 8.63. The molecule has 3 rings (SSSR count). The molecular formula is C26H42N2O6. The summed E-state index contributed by atoms with van der Waals surface area (Å²) in [6.07, 6.45) is 7.97. The van der Waals surface area contributed by atoms with Gasteiger partial charge in [-0.05, 0) is 87.9 Å². The van der Waals surface area contributed by atoms with E-state index >= 15 is 0 Å². The first-order valence-electron chi connectivity index (χ1n) is 13.2. The van der Waals surface area contributed by atoms with Gasteiger partial charge in [0.2, 0.25) is 11.8 Å². The van der Waals surface area contributed by atoms with Gasteiger partial charge < -0.3 is 20.8 Å². The second-order valence-electron chi connectivity index (χ2n) is 11.3. The molecule has 8 nitrogen and oxygen atoms in total. The maximum Gasteiger partial charge on any atom is 0.307 e. The molecule has 6 atom stereocenters. The fraction of sp³-hybridized carbons (Fsp3) is 0.846. The minimum atomic E-state index is -0.869. The molecule has 3 aliphatic rings. The number of carbonyl (C=O) groups excluding carboxylic acids is 2. The van der Waals surface area contributed by atoms with E-state index < -0.39 is 35.6 Å². The topological polar surface area (TPSA) is 133 Å². The lowest BCUT2D eigenvalue weighted by Crippen LogP contribution is -2.44. The lowest BCUT2D eigenvalue weighted by Gasteiger charge is -2.33. The van der Waals surface area contributed by atoms with Crippen LogP contribution in [0.2, 0.25) is 0 Å². The zero-order chi connectivity index (χ0) is 24.8. The SMILES string of the molecule is CC1CCC(C(=O)O)C(C(=O)NCC2CCC(CNC(=O)C3CC(C)CCC3C(=O)O)CC2)C1. The first-order chi connectivity index (χ1) is 16.2. The van der Waals surface area contributed by atoms with Crippen molar-refractivity contribution in [2.75, 3.05) is 13.1 Å². The second-order valence-corrected chi connectivity index (χ2v) is 11.3. The Morgan fingerprint density at radius 1 is 0.588 bits per heavy atom. The number of aliphatic carboxylic acids is 2. The molecule has 192 valence electrons. The molecular weight excluding hydrogens is 436 g/mol. The standard InChI is InChI=1S/C26H42N2O6/c1-15-3-9-19(25(31)32)21(11-15)23(29)27-13-17-5-7-18(8-6-17)14-28-24(30)22-12-16(2)4-10-20(22)26(33)34/h15-22H,3-14H2,1-2H3,(H,27,29)(H,28,30)(H,31,32)(H,33,34). The van der Waals surface area contributed by atoms with Gasteiger partial charge in [-0.15, -0.1) is 0 Å².